The van der Waals surface area contributed by atoms with Gasteiger partial charge in [-0.05, 0) is 51.7 Å². The Kier molecular flexibility index (Phi) is 5.81. The van der Waals surface area contributed by atoms with Crippen molar-refractivity contribution in [1.82, 2.24) is 24.9 Å². The molecule has 2 saturated heterocycles. The molecule has 0 bridgehead atoms. The maximum atomic E-state index is 13.3. The molecule has 1 atom stereocenters. The van der Waals surface area contributed by atoms with Crippen molar-refractivity contribution < 1.29 is 4.79 Å². The Morgan fingerprint density at radius 1 is 0.938 bits per heavy atom. The van der Waals surface area contributed by atoms with Gasteiger partial charge in [0.25, 0.3) is 0 Å². The van der Waals surface area contributed by atoms with E-state index in [-0.39, 0.29) is 5.92 Å². The number of para-hydroxylation sites is 1. The number of piperidine rings is 1. The summed E-state index contributed by atoms with van der Waals surface area (Å²) in [5.74, 6) is 1.15. The first-order valence-corrected chi connectivity index (χ1v) is 12.0. The number of aryl methyl sites for hydroxylation is 2. The Hall–Kier alpha value is -2.96. The Bertz CT molecular complexity index is 1100. The predicted octanol–water partition coefficient (Wildman–Crippen LogP) is 4.05. The van der Waals surface area contributed by atoms with Crippen molar-refractivity contribution in [2.75, 3.05) is 31.1 Å². The quantitative estimate of drug-likeness (QED) is 0.625. The van der Waals surface area contributed by atoms with Gasteiger partial charge in [-0.3, -0.25) is 4.79 Å². The molecule has 3 aromatic rings. The lowest BCUT2D eigenvalue weighted by molar-refractivity contribution is -0.135. The van der Waals surface area contributed by atoms with Gasteiger partial charge >= 0.3 is 0 Å². The largest absolute Gasteiger partial charge is 0.352 e. The van der Waals surface area contributed by atoms with E-state index in [0.29, 0.717) is 12.5 Å². The number of aromatic nitrogens is 4. The van der Waals surface area contributed by atoms with Crippen LogP contribution >= 0.6 is 0 Å². The average molecular weight is 433 g/mol. The normalized spacial score (nSPS) is 19.9. The summed E-state index contributed by atoms with van der Waals surface area (Å²) in [6.07, 6.45) is 6.66. The lowest BCUT2D eigenvalue weighted by Gasteiger charge is -2.35. The van der Waals surface area contributed by atoms with Gasteiger partial charge in [-0.25, -0.2) is 4.68 Å². The van der Waals surface area contributed by atoms with Crippen LogP contribution in [-0.4, -0.2) is 57.0 Å². The van der Waals surface area contributed by atoms with Crippen LogP contribution in [0.15, 0.2) is 30.3 Å². The van der Waals surface area contributed by atoms with Crippen LogP contribution in [0, 0.1) is 19.8 Å². The number of amides is 1. The molecule has 1 unspecified atom stereocenters. The Labute approximate surface area is 189 Å². The Morgan fingerprint density at radius 2 is 1.69 bits per heavy atom. The SMILES string of the molecule is Cc1nnc(N2CCCC(C(=O)N3CCCCCC3)C2)c2nn(-c3ccccc3)c(C)c12. The molecule has 0 N–H and O–H groups in total. The summed E-state index contributed by atoms with van der Waals surface area (Å²) >= 11 is 0. The predicted molar refractivity (Wildman–Crippen MR) is 126 cm³/mol. The molecular weight excluding hydrogens is 400 g/mol. The molecule has 5 rings (SSSR count). The second-order valence-corrected chi connectivity index (χ2v) is 9.19. The molecule has 7 heteroatoms. The molecule has 0 saturated carbocycles. The molecule has 2 aliphatic heterocycles. The standard InChI is InChI=1S/C25H32N6O/c1-18-22-19(2)31(21-12-6-5-7-13-21)28-23(22)24(27-26-18)30-16-10-11-20(17-30)25(32)29-14-8-3-4-9-15-29/h5-7,12-13,20H,3-4,8-11,14-17H2,1-2H3. The second kappa shape index (κ2) is 8.88. The van der Waals surface area contributed by atoms with Gasteiger partial charge in [-0.2, -0.15) is 10.2 Å². The van der Waals surface area contributed by atoms with E-state index >= 15 is 0 Å². The maximum absolute atomic E-state index is 13.3. The van der Waals surface area contributed by atoms with Gasteiger partial charge in [0.05, 0.1) is 28.4 Å². The van der Waals surface area contributed by atoms with Crippen molar-refractivity contribution in [3.8, 4) is 5.69 Å². The highest BCUT2D eigenvalue weighted by atomic mass is 16.2. The highest BCUT2D eigenvalue weighted by Gasteiger charge is 2.32. The summed E-state index contributed by atoms with van der Waals surface area (Å²) in [6, 6.07) is 10.2. The number of hydrogen-bond donors (Lipinski definition) is 0. The number of fused-ring (bicyclic) bond motifs is 1. The van der Waals surface area contributed by atoms with Crippen LogP contribution in [0.4, 0.5) is 5.82 Å². The van der Waals surface area contributed by atoms with E-state index in [9.17, 15) is 4.79 Å². The number of hydrogen-bond acceptors (Lipinski definition) is 5. The van der Waals surface area contributed by atoms with E-state index in [1.54, 1.807) is 0 Å². The Balaban J connectivity index is 1.46. The number of benzene rings is 1. The molecule has 4 heterocycles. The van der Waals surface area contributed by atoms with Crippen molar-refractivity contribution >= 4 is 22.6 Å². The second-order valence-electron chi connectivity index (χ2n) is 9.19. The molecule has 1 aromatic carbocycles. The average Bonchev–Trinajstić information content (AvgIpc) is 3.00. The van der Waals surface area contributed by atoms with Crippen LogP contribution in [0.1, 0.15) is 49.9 Å². The van der Waals surface area contributed by atoms with Crippen LogP contribution in [0.25, 0.3) is 16.6 Å². The smallest absolute Gasteiger partial charge is 0.227 e. The van der Waals surface area contributed by atoms with Crippen molar-refractivity contribution in [3.05, 3.63) is 41.7 Å². The van der Waals surface area contributed by atoms with Crippen molar-refractivity contribution in [3.63, 3.8) is 0 Å². The van der Waals surface area contributed by atoms with Gasteiger partial charge < -0.3 is 9.80 Å². The number of likely N-dealkylation sites (tertiary alicyclic amines) is 1. The third-order valence-corrected chi connectivity index (χ3v) is 6.97. The monoisotopic (exact) mass is 432 g/mol. The lowest BCUT2D eigenvalue weighted by Crippen LogP contribution is -2.45. The van der Waals surface area contributed by atoms with E-state index in [4.69, 9.17) is 5.10 Å². The minimum absolute atomic E-state index is 0.0253. The molecule has 2 fully saturated rings. The maximum Gasteiger partial charge on any atom is 0.227 e. The molecule has 168 valence electrons. The highest BCUT2D eigenvalue weighted by molar-refractivity contribution is 5.92. The topological polar surface area (TPSA) is 67.2 Å². The summed E-state index contributed by atoms with van der Waals surface area (Å²) in [6.45, 7) is 7.47. The number of rotatable bonds is 3. The lowest BCUT2D eigenvalue weighted by atomic mass is 9.96. The fourth-order valence-electron chi connectivity index (χ4n) is 5.27. The van der Waals surface area contributed by atoms with Crippen LogP contribution in [0.3, 0.4) is 0 Å². The van der Waals surface area contributed by atoms with E-state index < -0.39 is 0 Å². The van der Waals surface area contributed by atoms with E-state index in [1.807, 2.05) is 29.8 Å². The summed E-state index contributed by atoms with van der Waals surface area (Å²) in [5.41, 5.74) is 3.85. The van der Waals surface area contributed by atoms with E-state index in [1.165, 1.54) is 12.8 Å². The molecule has 0 aliphatic carbocycles. The number of carbonyl (C=O) groups excluding carboxylic acids is 1. The first kappa shape index (κ1) is 20.9. The molecular formula is C25H32N6O. The fraction of sp³-hybridized carbons (Fsp3) is 0.520. The molecule has 7 nitrogen and oxygen atoms in total. The Morgan fingerprint density at radius 3 is 2.44 bits per heavy atom. The third kappa shape index (κ3) is 3.85. The zero-order valence-corrected chi connectivity index (χ0v) is 19.1. The van der Waals surface area contributed by atoms with Gasteiger partial charge in [0.1, 0.15) is 5.52 Å². The number of carbonyl (C=O) groups is 1. The van der Waals surface area contributed by atoms with Crippen LogP contribution in [-0.2, 0) is 4.79 Å². The highest BCUT2D eigenvalue weighted by Crippen LogP contribution is 2.32. The minimum Gasteiger partial charge on any atom is -0.352 e. The summed E-state index contributed by atoms with van der Waals surface area (Å²) in [7, 11) is 0. The first-order chi connectivity index (χ1) is 15.6. The summed E-state index contributed by atoms with van der Waals surface area (Å²) < 4.78 is 1.98. The van der Waals surface area contributed by atoms with E-state index in [2.05, 4.69) is 39.1 Å². The molecule has 0 radical (unpaired) electrons. The molecule has 2 aliphatic rings. The van der Waals surface area contributed by atoms with E-state index in [0.717, 1.165) is 79.1 Å². The van der Waals surface area contributed by atoms with Crippen molar-refractivity contribution in [1.29, 1.82) is 0 Å². The van der Waals surface area contributed by atoms with Gasteiger partial charge in [-0.15, -0.1) is 5.10 Å². The number of anilines is 1. The van der Waals surface area contributed by atoms with Crippen LogP contribution < -0.4 is 4.90 Å². The van der Waals surface area contributed by atoms with Crippen LogP contribution in [0.5, 0.6) is 0 Å². The van der Waals surface area contributed by atoms with Gasteiger partial charge in [0.2, 0.25) is 5.91 Å². The third-order valence-electron chi connectivity index (χ3n) is 6.97. The zero-order valence-electron chi connectivity index (χ0n) is 19.1. The van der Waals surface area contributed by atoms with Gasteiger partial charge in [-0.1, -0.05) is 31.0 Å². The molecule has 0 spiro atoms. The van der Waals surface area contributed by atoms with Crippen LogP contribution in [0.2, 0.25) is 0 Å². The fourth-order valence-corrected chi connectivity index (χ4v) is 5.27. The first-order valence-electron chi connectivity index (χ1n) is 12.0. The molecule has 2 aromatic heterocycles. The summed E-state index contributed by atoms with van der Waals surface area (Å²) in [5, 5.41) is 15.1. The number of nitrogens with zero attached hydrogens (tertiary/aromatic N) is 6. The van der Waals surface area contributed by atoms with Gasteiger partial charge in [0, 0.05) is 26.2 Å². The molecule has 32 heavy (non-hydrogen) atoms. The molecule has 1 amide bonds. The zero-order chi connectivity index (χ0) is 22.1. The minimum atomic E-state index is 0.0253. The van der Waals surface area contributed by atoms with Crippen molar-refractivity contribution in [2.45, 2.75) is 52.4 Å². The van der Waals surface area contributed by atoms with Gasteiger partial charge in [0.15, 0.2) is 5.82 Å². The summed E-state index contributed by atoms with van der Waals surface area (Å²) in [4.78, 5) is 17.6. The van der Waals surface area contributed by atoms with Crippen molar-refractivity contribution in [2.24, 2.45) is 5.92 Å².